The molecular formula is C12H16O2S. The number of benzene rings is 1. The summed E-state index contributed by atoms with van der Waals surface area (Å²) in [5.74, 6) is 0. The van der Waals surface area contributed by atoms with Crippen molar-refractivity contribution in [1.82, 2.24) is 0 Å². The Morgan fingerprint density at radius 2 is 1.80 bits per heavy atom. The van der Waals surface area contributed by atoms with Crippen LogP contribution in [0.25, 0.3) is 0 Å². The van der Waals surface area contributed by atoms with Crippen LogP contribution in [-0.2, 0) is 10.8 Å². The summed E-state index contributed by atoms with van der Waals surface area (Å²) in [6, 6.07) is 7.51. The third-order valence-corrected chi connectivity index (χ3v) is 2.97. The van der Waals surface area contributed by atoms with E-state index in [1.165, 1.54) is 5.41 Å². The zero-order valence-corrected chi connectivity index (χ0v) is 10.0. The van der Waals surface area contributed by atoms with Crippen LogP contribution in [0.2, 0.25) is 0 Å². The quantitative estimate of drug-likeness (QED) is 0.856. The van der Waals surface area contributed by atoms with E-state index in [4.69, 9.17) is 0 Å². The maximum atomic E-state index is 11.7. The lowest BCUT2D eigenvalue weighted by molar-refractivity contribution is 0.133. The van der Waals surface area contributed by atoms with E-state index in [1.807, 2.05) is 31.2 Å². The van der Waals surface area contributed by atoms with Gasteiger partial charge in [0.2, 0.25) is 0 Å². The molecule has 15 heavy (non-hydrogen) atoms. The van der Waals surface area contributed by atoms with Gasteiger partial charge in [-0.2, -0.15) is 0 Å². The summed E-state index contributed by atoms with van der Waals surface area (Å²) in [7, 11) is -1.18. The maximum absolute atomic E-state index is 11.7. The van der Waals surface area contributed by atoms with E-state index in [2.05, 4.69) is 0 Å². The summed E-state index contributed by atoms with van der Waals surface area (Å²) in [4.78, 5) is 0.751. The Bertz CT molecular complexity index is 372. The van der Waals surface area contributed by atoms with E-state index in [0.29, 0.717) is 0 Å². The first-order valence-corrected chi connectivity index (χ1v) is 5.99. The number of rotatable bonds is 3. The Balaban J connectivity index is 2.78. The lowest BCUT2D eigenvalue weighted by Crippen LogP contribution is -2.13. The molecular weight excluding hydrogens is 208 g/mol. The van der Waals surface area contributed by atoms with Gasteiger partial charge in [-0.05, 0) is 39.0 Å². The maximum Gasteiger partial charge on any atom is 0.0780 e. The Hall–Kier alpha value is -0.930. The molecule has 0 saturated carbocycles. The van der Waals surface area contributed by atoms with Crippen molar-refractivity contribution in [1.29, 1.82) is 0 Å². The van der Waals surface area contributed by atoms with E-state index in [9.17, 15) is 9.32 Å². The molecule has 0 amide bonds. The summed E-state index contributed by atoms with van der Waals surface area (Å²) < 4.78 is 11.7. The molecule has 0 aliphatic heterocycles. The van der Waals surface area contributed by atoms with Crippen LogP contribution in [0.15, 0.2) is 40.6 Å². The number of hydrogen-bond donors (Lipinski definition) is 1. The van der Waals surface area contributed by atoms with E-state index in [1.54, 1.807) is 19.9 Å². The molecule has 1 aromatic rings. The van der Waals surface area contributed by atoms with Gasteiger partial charge in [-0.15, -0.1) is 0 Å². The van der Waals surface area contributed by atoms with Crippen LogP contribution in [0.3, 0.4) is 0 Å². The third kappa shape index (κ3) is 4.40. The van der Waals surface area contributed by atoms with Crippen LogP contribution < -0.4 is 0 Å². The van der Waals surface area contributed by atoms with Gasteiger partial charge in [-0.25, -0.2) is 4.21 Å². The summed E-state index contributed by atoms with van der Waals surface area (Å²) in [5, 5.41) is 11.0. The summed E-state index contributed by atoms with van der Waals surface area (Å²) >= 11 is 0. The summed E-state index contributed by atoms with van der Waals surface area (Å²) in [5.41, 5.74) is 0.225. The first-order valence-electron chi connectivity index (χ1n) is 4.77. The Kier molecular flexibility index (Phi) is 3.83. The summed E-state index contributed by atoms with van der Waals surface area (Å²) in [6.07, 6.45) is 1.54. The highest BCUT2D eigenvalue weighted by Crippen LogP contribution is 2.11. The van der Waals surface area contributed by atoms with Gasteiger partial charge in [-0.3, -0.25) is 0 Å². The molecule has 0 aliphatic rings. The van der Waals surface area contributed by atoms with E-state index in [0.717, 1.165) is 10.5 Å². The van der Waals surface area contributed by atoms with E-state index >= 15 is 0 Å². The molecule has 2 nitrogen and oxygen atoms in total. The van der Waals surface area contributed by atoms with Crippen LogP contribution >= 0.6 is 0 Å². The van der Waals surface area contributed by atoms with Crippen molar-refractivity contribution >= 4 is 10.8 Å². The topological polar surface area (TPSA) is 37.3 Å². The predicted molar refractivity (Wildman–Crippen MR) is 63.0 cm³/mol. The Morgan fingerprint density at radius 1 is 1.27 bits per heavy atom. The van der Waals surface area contributed by atoms with Crippen molar-refractivity contribution in [3.05, 3.63) is 41.3 Å². The second-order valence-electron chi connectivity index (χ2n) is 4.07. The molecule has 82 valence electrons. The van der Waals surface area contributed by atoms with Crippen LogP contribution in [0, 0.1) is 6.92 Å². The average molecular weight is 224 g/mol. The van der Waals surface area contributed by atoms with Crippen LogP contribution in [0.1, 0.15) is 19.4 Å². The number of hydrogen-bond acceptors (Lipinski definition) is 2. The highest BCUT2D eigenvalue weighted by molar-refractivity contribution is 7.88. The molecule has 0 spiro atoms. The van der Waals surface area contributed by atoms with E-state index in [-0.39, 0.29) is 0 Å². The fourth-order valence-corrected chi connectivity index (χ4v) is 2.00. The predicted octanol–water partition coefficient (Wildman–Crippen LogP) is 2.39. The lowest BCUT2D eigenvalue weighted by Gasteiger charge is -2.09. The molecule has 0 fully saturated rings. The second kappa shape index (κ2) is 4.73. The standard InChI is InChI=1S/C12H16O2S/c1-10-4-6-11(7-5-10)15(14)9-8-12(2,3)13/h4-9,13H,1-3H3/b9-8+/t15-/m1/s1. The molecule has 0 radical (unpaired) electrons. The molecule has 0 heterocycles. The monoisotopic (exact) mass is 224 g/mol. The normalized spacial score (nSPS) is 14.4. The van der Waals surface area contributed by atoms with Gasteiger partial charge in [-0.1, -0.05) is 17.7 Å². The lowest BCUT2D eigenvalue weighted by atomic mass is 10.1. The van der Waals surface area contributed by atoms with Crippen molar-refractivity contribution in [3.8, 4) is 0 Å². The molecule has 0 unspecified atom stereocenters. The molecule has 0 saturated heterocycles. The average Bonchev–Trinajstić information content (AvgIpc) is 2.14. The highest BCUT2D eigenvalue weighted by atomic mass is 32.2. The van der Waals surface area contributed by atoms with Gasteiger partial charge < -0.3 is 5.11 Å². The molecule has 0 aliphatic carbocycles. The third-order valence-electron chi connectivity index (χ3n) is 1.85. The van der Waals surface area contributed by atoms with Gasteiger partial charge in [0.25, 0.3) is 0 Å². The van der Waals surface area contributed by atoms with Gasteiger partial charge in [0.15, 0.2) is 0 Å². The molecule has 1 atom stereocenters. The number of aliphatic hydroxyl groups is 1. The molecule has 1 aromatic carbocycles. The van der Waals surface area contributed by atoms with Gasteiger partial charge >= 0.3 is 0 Å². The first-order chi connectivity index (χ1) is 6.88. The van der Waals surface area contributed by atoms with Crippen LogP contribution in [0.5, 0.6) is 0 Å². The van der Waals surface area contributed by atoms with Crippen molar-refractivity contribution < 1.29 is 9.32 Å². The minimum Gasteiger partial charge on any atom is -0.386 e. The molecule has 0 bridgehead atoms. The van der Waals surface area contributed by atoms with Crippen LogP contribution in [-0.4, -0.2) is 14.9 Å². The van der Waals surface area contributed by atoms with Gasteiger partial charge in [0.05, 0.1) is 16.4 Å². The Morgan fingerprint density at radius 3 is 2.27 bits per heavy atom. The summed E-state index contributed by atoms with van der Waals surface area (Å²) in [6.45, 7) is 5.28. The minimum absolute atomic E-state index is 0.751. The second-order valence-corrected chi connectivity index (χ2v) is 5.41. The zero-order valence-electron chi connectivity index (χ0n) is 9.23. The largest absolute Gasteiger partial charge is 0.386 e. The van der Waals surface area contributed by atoms with E-state index < -0.39 is 16.4 Å². The van der Waals surface area contributed by atoms with Crippen molar-refractivity contribution in [2.75, 3.05) is 0 Å². The number of aryl methyl sites for hydroxylation is 1. The van der Waals surface area contributed by atoms with Crippen molar-refractivity contribution in [3.63, 3.8) is 0 Å². The first kappa shape index (κ1) is 12.1. The van der Waals surface area contributed by atoms with Crippen LogP contribution in [0.4, 0.5) is 0 Å². The fourth-order valence-electron chi connectivity index (χ4n) is 0.979. The SMILES string of the molecule is Cc1ccc([S@](=O)/C=C/C(C)(C)O)cc1. The smallest absolute Gasteiger partial charge is 0.0780 e. The Labute approximate surface area is 93.1 Å². The van der Waals surface area contributed by atoms with Gasteiger partial charge in [0, 0.05) is 10.3 Å². The molecule has 1 N–H and O–H groups in total. The highest BCUT2D eigenvalue weighted by Gasteiger charge is 2.07. The van der Waals surface area contributed by atoms with Gasteiger partial charge in [0.1, 0.15) is 0 Å². The molecule has 3 heteroatoms. The zero-order chi connectivity index (χ0) is 11.5. The van der Waals surface area contributed by atoms with Crippen molar-refractivity contribution in [2.45, 2.75) is 31.3 Å². The minimum atomic E-state index is -1.18. The fraction of sp³-hybridized carbons (Fsp3) is 0.333. The van der Waals surface area contributed by atoms with Crippen molar-refractivity contribution in [2.24, 2.45) is 0 Å². The molecule has 1 rings (SSSR count). The molecule has 0 aromatic heterocycles.